The highest BCUT2D eigenvalue weighted by molar-refractivity contribution is 7.07. The van der Waals surface area contributed by atoms with Crippen molar-refractivity contribution in [3.63, 3.8) is 0 Å². The molecule has 0 bridgehead atoms. The van der Waals surface area contributed by atoms with Gasteiger partial charge in [0.2, 0.25) is 5.91 Å². The lowest BCUT2D eigenvalue weighted by Crippen LogP contribution is -2.28. The van der Waals surface area contributed by atoms with Crippen LogP contribution in [0.1, 0.15) is 16.6 Å². The van der Waals surface area contributed by atoms with Crippen LogP contribution in [-0.4, -0.2) is 17.4 Å². The normalized spacial score (nSPS) is 12.1. The van der Waals surface area contributed by atoms with E-state index in [9.17, 15) is 4.79 Å². The number of nitrogens with one attached hydrogen (secondary N) is 1. The molecule has 2 rings (SSSR count). The molecule has 1 heterocycles. The van der Waals surface area contributed by atoms with Crippen LogP contribution in [0.15, 0.2) is 41.2 Å². The molecule has 1 unspecified atom stereocenters. The van der Waals surface area contributed by atoms with Crippen molar-refractivity contribution >= 4 is 28.8 Å². The number of nitrogens with zero attached hydrogens (tertiary/aromatic N) is 1. The Kier molecular flexibility index (Phi) is 4.73. The second-order valence-electron chi connectivity index (χ2n) is 3.79. The predicted octanol–water partition coefficient (Wildman–Crippen LogP) is 2.78. The van der Waals surface area contributed by atoms with E-state index in [0.717, 1.165) is 17.7 Å². The second-order valence-corrected chi connectivity index (χ2v) is 4.95. The molecule has 5 heteroatoms. The first kappa shape index (κ1) is 13.1. The third-order valence-electron chi connectivity index (χ3n) is 2.49. The molecule has 0 aliphatic carbocycles. The lowest BCUT2D eigenvalue weighted by molar-refractivity contribution is -0.120. The van der Waals surface area contributed by atoms with Crippen LogP contribution in [0.2, 0.25) is 0 Å². The highest BCUT2D eigenvalue weighted by Gasteiger charge is 2.16. The van der Waals surface area contributed by atoms with Gasteiger partial charge in [-0.25, -0.2) is 4.98 Å². The van der Waals surface area contributed by atoms with E-state index in [2.05, 4.69) is 10.3 Å². The van der Waals surface area contributed by atoms with Gasteiger partial charge in [-0.2, -0.15) is 0 Å². The van der Waals surface area contributed by atoms with E-state index in [1.165, 1.54) is 0 Å². The minimum absolute atomic E-state index is 0.168. The summed E-state index contributed by atoms with van der Waals surface area (Å²) in [6, 6.07) is 9.32. The van der Waals surface area contributed by atoms with Crippen molar-refractivity contribution in [2.75, 3.05) is 6.54 Å². The third-order valence-corrected chi connectivity index (χ3v) is 3.57. The second kappa shape index (κ2) is 6.52. The average Bonchev–Trinajstić information content (AvgIpc) is 2.92. The molecule has 94 valence electrons. The summed E-state index contributed by atoms with van der Waals surface area (Å²) in [4.78, 5) is 16.0. The number of aromatic nitrogens is 1. The summed E-state index contributed by atoms with van der Waals surface area (Å²) in [6.07, 6.45) is 0.730. The number of carbonyl (C=O) groups excluding carboxylic acids is 1. The van der Waals surface area contributed by atoms with Gasteiger partial charge in [-0.05, 0) is 5.56 Å². The Hall–Kier alpha value is -1.39. The van der Waals surface area contributed by atoms with Crippen LogP contribution < -0.4 is 5.32 Å². The van der Waals surface area contributed by atoms with Crippen molar-refractivity contribution in [2.24, 2.45) is 0 Å². The summed E-state index contributed by atoms with van der Waals surface area (Å²) in [5.41, 5.74) is 3.59. The number of alkyl halides is 1. The summed E-state index contributed by atoms with van der Waals surface area (Å²) in [5.74, 6) is -0.168. The van der Waals surface area contributed by atoms with Crippen LogP contribution in [0.4, 0.5) is 0 Å². The van der Waals surface area contributed by atoms with Gasteiger partial charge in [-0.1, -0.05) is 30.3 Å². The zero-order valence-electron chi connectivity index (χ0n) is 9.67. The Morgan fingerprint density at radius 3 is 2.83 bits per heavy atom. The van der Waals surface area contributed by atoms with E-state index in [1.54, 1.807) is 16.8 Å². The monoisotopic (exact) mass is 280 g/mol. The molecule has 2 aromatic rings. The van der Waals surface area contributed by atoms with Crippen molar-refractivity contribution in [1.29, 1.82) is 0 Å². The highest BCUT2D eigenvalue weighted by atomic mass is 35.5. The third kappa shape index (κ3) is 3.55. The SMILES string of the molecule is O=C(NCCc1cscn1)C(Cl)c1ccccc1. The molecule has 1 atom stereocenters. The van der Waals surface area contributed by atoms with E-state index in [4.69, 9.17) is 11.6 Å². The van der Waals surface area contributed by atoms with E-state index in [0.29, 0.717) is 6.54 Å². The van der Waals surface area contributed by atoms with E-state index in [-0.39, 0.29) is 5.91 Å². The van der Waals surface area contributed by atoms with Crippen molar-refractivity contribution in [3.05, 3.63) is 52.5 Å². The lowest BCUT2D eigenvalue weighted by Gasteiger charge is -2.10. The molecular weight excluding hydrogens is 268 g/mol. The van der Waals surface area contributed by atoms with Crippen LogP contribution in [0.25, 0.3) is 0 Å². The molecule has 0 saturated carbocycles. The molecule has 1 N–H and O–H groups in total. The maximum Gasteiger partial charge on any atom is 0.242 e. The first-order valence-corrected chi connectivity index (χ1v) is 6.99. The summed E-state index contributed by atoms with van der Waals surface area (Å²) in [6.45, 7) is 0.554. The number of carbonyl (C=O) groups is 1. The molecule has 0 spiro atoms. The van der Waals surface area contributed by atoms with E-state index >= 15 is 0 Å². The molecular formula is C13H13ClN2OS. The maximum absolute atomic E-state index is 11.8. The quantitative estimate of drug-likeness (QED) is 0.856. The smallest absolute Gasteiger partial charge is 0.242 e. The maximum atomic E-state index is 11.8. The fraction of sp³-hybridized carbons (Fsp3) is 0.231. The topological polar surface area (TPSA) is 42.0 Å². The predicted molar refractivity (Wildman–Crippen MR) is 73.9 cm³/mol. The van der Waals surface area contributed by atoms with Crippen molar-refractivity contribution in [1.82, 2.24) is 10.3 Å². The summed E-state index contributed by atoms with van der Waals surface area (Å²) in [5, 5.41) is 4.15. The molecule has 1 amide bonds. The number of hydrogen-bond acceptors (Lipinski definition) is 3. The molecule has 18 heavy (non-hydrogen) atoms. The lowest BCUT2D eigenvalue weighted by atomic mass is 10.1. The van der Waals surface area contributed by atoms with Gasteiger partial charge in [-0.3, -0.25) is 4.79 Å². The highest BCUT2D eigenvalue weighted by Crippen LogP contribution is 2.19. The minimum atomic E-state index is -0.637. The molecule has 0 saturated heterocycles. The van der Waals surface area contributed by atoms with Crippen LogP contribution >= 0.6 is 22.9 Å². The first-order chi connectivity index (χ1) is 8.77. The van der Waals surface area contributed by atoms with Gasteiger partial charge < -0.3 is 5.32 Å². The van der Waals surface area contributed by atoms with Gasteiger partial charge >= 0.3 is 0 Å². The van der Waals surface area contributed by atoms with Crippen molar-refractivity contribution in [2.45, 2.75) is 11.8 Å². The Morgan fingerprint density at radius 2 is 2.17 bits per heavy atom. The zero-order chi connectivity index (χ0) is 12.8. The molecule has 0 aliphatic rings. The molecule has 3 nitrogen and oxygen atoms in total. The number of rotatable bonds is 5. The Labute approximate surface area is 115 Å². The number of halogens is 1. The van der Waals surface area contributed by atoms with Gasteiger partial charge in [0.05, 0.1) is 11.2 Å². The first-order valence-electron chi connectivity index (χ1n) is 5.61. The standard InChI is InChI=1S/C13H13ClN2OS/c14-12(10-4-2-1-3-5-10)13(17)15-7-6-11-8-18-9-16-11/h1-5,8-9,12H,6-7H2,(H,15,17). The number of amides is 1. The Bertz CT molecular complexity index is 487. The van der Waals surface area contributed by atoms with Gasteiger partial charge in [0.1, 0.15) is 5.38 Å². The van der Waals surface area contributed by atoms with Crippen LogP contribution in [0.3, 0.4) is 0 Å². The average molecular weight is 281 g/mol. The molecule has 0 fully saturated rings. The van der Waals surface area contributed by atoms with Crippen LogP contribution in [0.5, 0.6) is 0 Å². The summed E-state index contributed by atoms with van der Waals surface area (Å²) >= 11 is 7.64. The summed E-state index contributed by atoms with van der Waals surface area (Å²) < 4.78 is 0. The van der Waals surface area contributed by atoms with Crippen molar-refractivity contribution in [3.8, 4) is 0 Å². The van der Waals surface area contributed by atoms with Gasteiger partial charge in [0, 0.05) is 18.3 Å². The van der Waals surface area contributed by atoms with Crippen LogP contribution in [-0.2, 0) is 11.2 Å². The number of thiazole rings is 1. The molecule has 0 radical (unpaired) electrons. The molecule has 1 aromatic carbocycles. The Morgan fingerprint density at radius 1 is 1.39 bits per heavy atom. The molecule has 1 aromatic heterocycles. The number of hydrogen-bond donors (Lipinski definition) is 1. The van der Waals surface area contributed by atoms with E-state index < -0.39 is 5.38 Å². The Balaban J connectivity index is 1.81. The largest absolute Gasteiger partial charge is 0.354 e. The fourth-order valence-electron chi connectivity index (χ4n) is 1.54. The fourth-order valence-corrected chi connectivity index (χ4v) is 2.35. The van der Waals surface area contributed by atoms with Gasteiger partial charge in [-0.15, -0.1) is 22.9 Å². The van der Waals surface area contributed by atoms with Gasteiger partial charge in [0.15, 0.2) is 0 Å². The number of benzene rings is 1. The van der Waals surface area contributed by atoms with Crippen LogP contribution in [0, 0.1) is 0 Å². The zero-order valence-corrected chi connectivity index (χ0v) is 11.2. The summed E-state index contributed by atoms with van der Waals surface area (Å²) in [7, 11) is 0. The van der Waals surface area contributed by atoms with Gasteiger partial charge in [0.25, 0.3) is 0 Å². The molecule has 0 aliphatic heterocycles. The van der Waals surface area contributed by atoms with Crippen molar-refractivity contribution < 1.29 is 4.79 Å². The minimum Gasteiger partial charge on any atom is -0.354 e. The van der Waals surface area contributed by atoms with E-state index in [1.807, 2.05) is 35.7 Å².